The van der Waals surface area contributed by atoms with Crippen LogP contribution in [0.1, 0.15) is 11.4 Å². The van der Waals surface area contributed by atoms with E-state index in [0.717, 1.165) is 5.56 Å². The molecule has 4 rings (SSSR count). The first-order valence-electron chi connectivity index (χ1n) is 9.36. The topological polar surface area (TPSA) is 67.2 Å². The third-order valence-electron chi connectivity index (χ3n) is 4.95. The van der Waals surface area contributed by atoms with Crippen molar-refractivity contribution in [3.05, 3.63) is 71.6 Å². The van der Waals surface area contributed by atoms with Crippen LogP contribution in [-0.2, 0) is 17.8 Å². The molecule has 1 amide bonds. The van der Waals surface area contributed by atoms with Crippen LogP contribution < -0.4 is 0 Å². The van der Waals surface area contributed by atoms with Crippen molar-refractivity contribution in [1.82, 2.24) is 30.0 Å². The lowest BCUT2D eigenvalue weighted by Gasteiger charge is -2.34. The van der Waals surface area contributed by atoms with Crippen LogP contribution in [-0.4, -0.2) is 62.1 Å². The van der Waals surface area contributed by atoms with Gasteiger partial charge < -0.3 is 4.90 Å². The Bertz CT molecular complexity index is 983. The van der Waals surface area contributed by atoms with Gasteiger partial charge in [0.05, 0.1) is 18.7 Å². The maximum absolute atomic E-state index is 13.5. The van der Waals surface area contributed by atoms with E-state index in [4.69, 9.17) is 0 Å². The number of tetrazole rings is 1. The molecule has 0 radical (unpaired) electrons. The molecule has 2 heterocycles. The molecule has 0 N–H and O–H groups in total. The monoisotopic (exact) mass is 398 g/mol. The zero-order valence-corrected chi connectivity index (χ0v) is 15.7. The second-order valence-electron chi connectivity index (χ2n) is 6.95. The molecule has 1 aliphatic rings. The fourth-order valence-corrected chi connectivity index (χ4v) is 3.36. The van der Waals surface area contributed by atoms with Crippen molar-refractivity contribution in [2.24, 2.45) is 0 Å². The molecular weight excluding hydrogens is 378 g/mol. The highest BCUT2D eigenvalue weighted by Gasteiger charge is 2.23. The van der Waals surface area contributed by atoms with Gasteiger partial charge in [0.2, 0.25) is 5.91 Å². The normalized spacial score (nSPS) is 14.9. The summed E-state index contributed by atoms with van der Waals surface area (Å²) in [5, 5.41) is 11.7. The lowest BCUT2D eigenvalue weighted by molar-refractivity contribution is -0.132. The average molecular weight is 398 g/mol. The Balaban J connectivity index is 1.33. The number of piperazine rings is 1. The first-order valence-corrected chi connectivity index (χ1v) is 9.36. The van der Waals surface area contributed by atoms with E-state index in [-0.39, 0.29) is 24.0 Å². The molecule has 0 unspecified atom stereocenters. The molecule has 150 valence electrons. The van der Waals surface area contributed by atoms with Gasteiger partial charge in [-0.05, 0) is 46.3 Å². The molecule has 0 spiro atoms. The second-order valence-corrected chi connectivity index (χ2v) is 6.95. The van der Waals surface area contributed by atoms with E-state index in [2.05, 4.69) is 20.4 Å². The van der Waals surface area contributed by atoms with Crippen LogP contribution in [0.25, 0.3) is 5.69 Å². The smallest absolute Gasteiger partial charge is 0.227 e. The highest BCUT2D eigenvalue weighted by molar-refractivity contribution is 5.78. The van der Waals surface area contributed by atoms with E-state index in [9.17, 15) is 13.6 Å². The summed E-state index contributed by atoms with van der Waals surface area (Å²) >= 11 is 0. The van der Waals surface area contributed by atoms with Gasteiger partial charge in [0.15, 0.2) is 5.82 Å². The Morgan fingerprint density at radius 1 is 0.966 bits per heavy atom. The molecule has 1 aromatic heterocycles. The van der Waals surface area contributed by atoms with Gasteiger partial charge >= 0.3 is 0 Å². The summed E-state index contributed by atoms with van der Waals surface area (Å²) in [5.74, 6) is -0.0184. The number of carbonyl (C=O) groups excluding carboxylic acids is 1. The number of hydrogen-bond acceptors (Lipinski definition) is 5. The zero-order chi connectivity index (χ0) is 20.2. The number of amides is 1. The summed E-state index contributed by atoms with van der Waals surface area (Å²) in [6.45, 7) is 3.07. The average Bonchev–Trinajstić information content (AvgIpc) is 3.18. The number of hydrogen-bond donors (Lipinski definition) is 0. The fraction of sp³-hybridized carbons (Fsp3) is 0.300. The summed E-state index contributed by atoms with van der Waals surface area (Å²) in [6, 6.07) is 12.1. The number of nitrogens with zero attached hydrogens (tertiary/aromatic N) is 6. The van der Waals surface area contributed by atoms with Gasteiger partial charge in [0.25, 0.3) is 0 Å². The first-order chi connectivity index (χ1) is 14.1. The number of halogens is 2. The maximum Gasteiger partial charge on any atom is 0.227 e. The summed E-state index contributed by atoms with van der Waals surface area (Å²) in [6.07, 6.45) is 0.262. The molecular formula is C20H20F2N6O. The van der Waals surface area contributed by atoms with Crippen molar-refractivity contribution in [2.45, 2.75) is 13.0 Å². The van der Waals surface area contributed by atoms with E-state index in [1.807, 2.05) is 4.90 Å². The van der Waals surface area contributed by atoms with Crippen molar-refractivity contribution < 1.29 is 13.6 Å². The molecule has 29 heavy (non-hydrogen) atoms. The standard InChI is InChI=1S/C20H20F2N6O/c21-16-6-4-15(5-7-16)12-20(29)27-10-8-26(9-11-27)14-19-23-24-25-28(19)18-3-1-2-17(22)13-18/h1-7,13H,8-12,14H2. The van der Waals surface area contributed by atoms with Crippen molar-refractivity contribution in [3.63, 3.8) is 0 Å². The molecule has 1 aliphatic heterocycles. The molecule has 1 saturated heterocycles. The van der Waals surface area contributed by atoms with Crippen LogP contribution in [0.3, 0.4) is 0 Å². The number of rotatable bonds is 5. The van der Waals surface area contributed by atoms with Crippen LogP contribution in [0.5, 0.6) is 0 Å². The molecule has 0 saturated carbocycles. The first kappa shape index (κ1) is 19.1. The Labute approximate surface area is 166 Å². The third-order valence-corrected chi connectivity index (χ3v) is 4.95. The Hall–Kier alpha value is -3.20. The Kier molecular flexibility index (Phi) is 5.57. The highest BCUT2D eigenvalue weighted by atomic mass is 19.1. The van der Waals surface area contributed by atoms with E-state index in [1.165, 1.54) is 28.9 Å². The number of carbonyl (C=O) groups is 1. The molecule has 3 aromatic rings. The van der Waals surface area contributed by atoms with E-state index in [1.54, 1.807) is 24.3 Å². The van der Waals surface area contributed by atoms with Gasteiger partial charge in [-0.3, -0.25) is 9.69 Å². The van der Waals surface area contributed by atoms with Crippen LogP contribution in [0.4, 0.5) is 8.78 Å². The summed E-state index contributed by atoms with van der Waals surface area (Å²) in [5.41, 5.74) is 1.37. The fourth-order valence-electron chi connectivity index (χ4n) is 3.36. The Morgan fingerprint density at radius 3 is 2.45 bits per heavy atom. The molecule has 0 atom stereocenters. The Morgan fingerprint density at radius 2 is 1.72 bits per heavy atom. The van der Waals surface area contributed by atoms with Gasteiger partial charge in [-0.15, -0.1) is 5.10 Å². The lowest BCUT2D eigenvalue weighted by atomic mass is 10.1. The molecule has 2 aromatic carbocycles. The largest absolute Gasteiger partial charge is 0.340 e. The predicted molar refractivity (Wildman–Crippen MR) is 101 cm³/mol. The SMILES string of the molecule is O=C(Cc1ccc(F)cc1)N1CCN(Cc2nnnn2-c2cccc(F)c2)CC1. The quantitative estimate of drug-likeness (QED) is 0.656. The van der Waals surface area contributed by atoms with E-state index in [0.29, 0.717) is 44.2 Å². The van der Waals surface area contributed by atoms with Gasteiger partial charge in [-0.2, -0.15) is 4.68 Å². The van der Waals surface area contributed by atoms with Crippen LogP contribution in [0.2, 0.25) is 0 Å². The van der Waals surface area contributed by atoms with E-state index >= 15 is 0 Å². The number of aromatic nitrogens is 4. The number of benzene rings is 2. The molecule has 1 fully saturated rings. The third kappa shape index (κ3) is 4.62. The minimum atomic E-state index is -0.350. The highest BCUT2D eigenvalue weighted by Crippen LogP contribution is 2.13. The minimum absolute atomic E-state index is 0.0286. The molecule has 0 aliphatic carbocycles. The molecule has 0 bridgehead atoms. The minimum Gasteiger partial charge on any atom is -0.340 e. The van der Waals surface area contributed by atoms with Gasteiger partial charge in [0, 0.05) is 26.2 Å². The summed E-state index contributed by atoms with van der Waals surface area (Å²) in [7, 11) is 0. The van der Waals surface area contributed by atoms with Crippen molar-refractivity contribution >= 4 is 5.91 Å². The molecule has 7 nitrogen and oxygen atoms in total. The molecule has 9 heteroatoms. The second kappa shape index (κ2) is 8.44. The van der Waals surface area contributed by atoms with Crippen LogP contribution in [0, 0.1) is 11.6 Å². The van der Waals surface area contributed by atoms with E-state index < -0.39 is 0 Å². The lowest BCUT2D eigenvalue weighted by Crippen LogP contribution is -2.48. The van der Waals surface area contributed by atoms with Gasteiger partial charge in [-0.25, -0.2) is 8.78 Å². The van der Waals surface area contributed by atoms with Crippen LogP contribution >= 0.6 is 0 Å². The van der Waals surface area contributed by atoms with Crippen molar-refractivity contribution in [2.75, 3.05) is 26.2 Å². The summed E-state index contributed by atoms with van der Waals surface area (Å²) < 4.78 is 28.0. The maximum atomic E-state index is 13.5. The van der Waals surface area contributed by atoms with Gasteiger partial charge in [-0.1, -0.05) is 18.2 Å². The van der Waals surface area contributed by atoms with Crippen molar-refractivity contribution in [3.8, 4) is 5.69 Å². The van der Waals surface area contributed by atoms with Crippen molar-refractivity contribution in [1.29, 1.82) is 0 Å². The summed E-state index contributed by atoms with van der Waals surface area (Å²) in [4.78, 5) is 16.5. The predicted octanol–water partition coefficient (Wildman–Crippen LogP) is 1.83. The zero-order valence-electron chi connectivity index (χ0n) is 15.7. The van der Waals surface area contributed by atoms with Gasteiger partial charge in [0.1, 0.15) is 11.6 Å². The van der Waals surface area contributed by atoms with Crippen LogP contribution in [0.15, 0.2) is 48.5 Å².